The molecule has 2 heterocycles. The number of nitrogens with zero attached hydrogens (tertiary/aromatic N) is 3. The lowest BCUT2D eigenvalue weighted by atomic mass is 10.1. The lowest BCUT2D eigenvalue weighted by Gasteiger charge is -2.17. The summed E-state index contributed by atoms with van der Waals surface area (Å²) in [6.07, 6.45) is 4.50. The smallest absolute Gasteiger partial charge is 0.337 e. The largest absolute Gasteiger partial charge is 0.494 e. The number of likely N-dealkylation sites (tertiary alicyclic amines) is 1. The first-order valence-corrected chi connectivity index (χ1v) is 14.2. The number of aromatic nitrogens is 2. The molecule has 0 spiro atoms. The van der Waals surface area contributed by atoms with Gasteiger partial charge in [0.1, 0.15) is 35.1 Å². The van der Waals surface area contributed by atoms with Crippen molar-refractivity contribution in [1.82, 2.24) is 14.9 Å². The molecule has 0 saturated carbocycles. The van der Waals surface area contributed by atoms with E-state index in [9.17, 15) is 14.0 Å². The molecule has 11 nitrogen and oxygen atoms in total. The van der Waals surface area contributed by atoms with E-state index >= 15 is 0 Å². The fraction of sp³-hybridized carbons (Fsp3) is 0.273. The summed E-state index contributed by atoms with van der Waals surface area (Å²) < 4.78 is 36.8. The van der Waals surface area contributed by atoms with Crippen LogP contribution in [0.5, 0.6) is 23.0 Å². The van der Waals surface area contributed by atoms with Crippen LogP contribution in [0.15, 0.2) is 66.8 Å². The van der Waals surface area contributed by atoms with Gasteiger partial charge < -0.3 is 29.6 Å². The third-order valence-corrected chi connectivity index (χ3v) is 7.59. The Morgan fingerprint density at radius 1 is 0.978 bits per heavy atom. The molecule has 0 aliphatic carbocycles. The third kappa shape index (κ3) is 6.96. The SMILES string of the molecule is COC(=O)c1ccc(Oc2cc(OC)c(Nc3ncnc4cc(OC)c(NC(=O)C(F)=CC5CCCN5C)cc34)cc2C)cc1. The van der Waals surface area contributed by atoms with E-state index in [1.54, 1.807) is 42.5 Å². The number of carbonyl (C=O) groups excluding carboxylic acids is 2. The van der Waals surface area contributed by atoms with Crippen molar-refractivity contribution in [3.63, 3.8) is 0 Å². The number of methoxy groups -OCH3 is 3. The summed E-state index contributed by atoms with van der Waals surface area (Å²) in [6, 6.07) is 13.3. The van der Waals surface area contributed by atoms with E-state index < -0.39 is 17.7 Å². The maximum absolute atomic E-state index is 14.9. The molecule has 1 unspecified atom stereocenters. The number of benzene rings is 3. The van der Waals surface area contributed by atoms with Gasteiger partial charge in [0.05, 0.1) is 43.8 Å². The molecule has 1 fully saturated rings. The first-order chi connectivity index (χ1) is 21.7. The Morgan fingerprint density at radius 3 is 2.38 bits per heavy atom. The minimum Gasteiger partial charge on any atom is -0.494 e. The lowest BCUT2D eigenvalue weighted by Crippen LogP contribution is -2.24. The lowest BCUT2D eigenvalue weighted by molar-refractivity contribution is -0.114. The van der Waals surface area contributed by atoms with Crippen LogP contribution in [0.3, 0.4) is 0 Å². The fourth-order valence-corrected chi connectivity index (χ4v) is 5.10. The second-order valence-electron chi connectivity index (χ2n) is 10.5. The van der Waals surface area contributed by atoms with Crippen LogP contribution in [0.25, 0.3) is 10.9 Å². The molecule has 45 heavy (non-hydrogen) atoms. The maximum Gasteiger partial charge on any atom is 0.337 e. The summed E-state index contributed by atoms with van der Waals surface area (Å²) in [5, 5.41) is 6.48. The van der Waals surface area contributed by atoms with E-state index in [0.717, 1.165) is 24.9 Å². The van der Waals surface area contributed by atoms with E-state index in [-0.39, 0.29) is 11.7 Å². The minimum atomic E-state index is -0.868. The quantitative estimate of drug-likeness (QED) is 0.158. The number of halogens is 1. The Balaban J connectivity index is 1.41. The summed E-state index contributed by atoms with van der Waals surface area (Å²) in [5.74, 6) is 0.126. The predicted molar refractivity (Wildman–Crippen MR) is 168 cm³/mol. The monoisotopic (exact) mass is 615 g/mol. The van der Waals surface area contributed by atoms with Crippen LogP contribution in [-0.2, 0) is 9.53 Å². The summed E-state index contributed by atoms with van der Waals surface area (Å²) in [4.78, 5) is 35.3. The number of likely N-dealkylation sites (N-methyl/N-ethyl adjacent to an activating group) is 1. The highest BCUT2D eigenvalue weighted by Gasteiger charge is 2.22. The molecule has 5 rings (SSSR count). The van der Waals surface area contributed by atoms with Crippen molar-refractivity contribution in [3.05, 3.63) is 77.9 Å². The highest BCUT2D eigenvalue weighted by atomic mass is 19.1. The summed E-state index contributed by atoms with van der Waals surface area (Å²) in [6.45, 7) is 2.74. The molecule has 3 aromatic carbocycles. The van der Waals surface area contributed by atoms with Crippen molar-refractivity contribution in [1.29, 1.82) is 0 Å². The molecule has 1 aromatic heterocycles. The zero-order valence-corrected chi connectivity index (χ0v) is 25.6. The van der Waals surface area contributed by atoms with Crippen LogP contribution < -0.4 is 24.8 Å². The predicted octanol–water partition coefficient (Wildman–Crippen LogP) is 6.16. The van der Waals surface area contributed by atoms with Crippen molar-refractivity contribution in [3.8, 4) is 23.0 Å². The molecule has 12 heteroatoms. The van der Waals surface area contributed by atoms with Crippen molar-refractivity contribution in [2.24, 2.45) is 0 Å². The third-order valence-electron chi connectivity index (χ3n) is 7.59. The average Bonchev–Trinajstić information content (AvgIpc) is 3.45. The number of fused-ring (bicyclic) bond motifs is 1. The van der Waals surface area contributed by atoms with E-state index in [4.69, 9.17) is 18.9 Å². The molecule has 2 N–H and O–H groups in total. The van der Waals surface area contributed by atoms with Crippen molar-refractivity contribution >= 4 is 40.0 Å². The summed E-state index contributed by atoms with van der Waals surface area (Å²) in [5.41, 5.74) is 2.60. The number of ether oxygens (including phenoxy) is 4. The second-order valence-corrected chi connectivity index (χ2v) is 10.5. The number of rotatable bonds is 10. The van der Waals surface area contributed by atoms with Crippen LogP contribution in [0, 0.1) is 6.92 Å². The highest BCUT2D eigenvalue weighted by molar-refractivity contribution is 6.05. The topological polar surface area (TPSA) is 124 Å². The molecule has 1 aliphatic heterocycles. The number of aryl methyl sites for hydroxylation is 1. The number of carbonyl (C=O) groups is 2. The van der Waals surface area contributed by atoms with Gasteiger partial charge in [-0.3, -0.25) is 9.69 Å². The van der Waals surface area contributed by atoms with Gasteiger partial charge in [-0.05, 0) is 81.4 Å². The number of hydrogen-bond acceptors (Lipinski definition) is 10. The van der Waals surface area contributed by atoms with E-state index in [1.165, 1.54) is 33.7 Å². The molecule has 1 saturated heterocycles. The number of nitrogens with one attached hydrogen (secondary N) is 2. The first kappa shape index (κ1) is 31.2. The number of anilines is 3. The van der Waals surface area contributed by atoms with Crippen molar-refractivity contribution in [2.45, 2.75) is 25.8 Å². The van der Waals surface area contributed by atoms with Crippen LogP contribution in [-0.4, -0.2) is 67.7 Å². The van der Waals surface area contributed by atoms with E-state index in [0.29, 0.717) is 51.0 Å². The van der Waals surface area contributed by atoms with Gasteiger partial charge in [0.25, 0.3) is 5.91 Å². The zero-order chi connectivity index (χ0) is 32.1. The zero-order valence-electron chi connectivity index (χ0n) is 25.6. The van der Waals surface area contributed by atoms with Crippen molar-refractivity contribution in [2.75, 3.05) is 45.6 Å². The van der Waals surface area contributed by atoms with Gasteiger partial charge in [-0.1, -0.05) is 0 Å². The van der Waals surface area contributed by atoms with Crippen molar-refractivity contribution < 1.29 is 32.9 Å². The summed E-state index contributed by atoms with van der Waals surface area (Å²) >= 11 is 0. The van der Waals surface area contributed by atoms with Crippen LogP contribution in [0.2, 0.25) is 0 Å². The maximum atomic E-state index is 14.9. The number of esters is 1. The second kappa shape index (κ2) is 13.6. The minimum absolute atomic E-state index is 0.124. The van der Waals surface area contributed by atoms with Crippen LogP contribution >= 0.6 is 0 Å². The standard InChI is InChI=1S/C33H34FN5O6/c1-19-13-26(30(43-4)17-28(19)45-22-10-8-20(9-11-22)33(41)44-5)37-31-23-15-27(29(42-3)16-25(23)35-18-36-31)38-32(40)24(34)14-21-7-6-12-39(21)2/h8-11,13-18,21H,6-7,12H2,1-5H3,(H,38,40)(H,35,36,37). The van der Waals surface area contributed by atoms with Gasteiger partial charge in [0.2, 0.25) is 0 Å². The molecule has 234 valence electrons. The van der Waals surface area contributed by atoms with Gasteiger partial charge in [-0.15, -0.1) is 0 Å². The van der Waals surface area contributed by atoms with Gasteiger partial charge in [0, 0.05) is 23.6 Å². The molecular formula is C33H34FN5O6. The molecule has 0 radical (unpaired) electrons. The van der Waals surface area contributed by atoms with Gasteiger partial charge >= 0.3 is 5.97 Å². The molecule has 1 aliphatic rings. The number of hydrogen-bond donors (Lipinski definition) is 2. The Hall–Kier alpha value is -5.23. The molecule has 1 atom stereocenters. The Morgan fingerprint density at radius 2 is 1.71 bits per heavy atom. The fourth-order valence-electron chi connectivity index (χ4n) is 5.10. The molecule has 4 aromatic rings. The normalized spacial score (nSPS) is 15.1. The first-order valence-electron chi connectivity index (χ1n) is 14.2. The Bertz CT molecular complexity index is 1760. The van der Waals surface area contributed by atoms with Gasteiger partial charge in [0.15, 0.2) is 5.83 Å². The Labute approximate surface area is 260 Å². The van der Waals surface area contributed by atoms with Crippen LogP contribution in [0.1, 0.15) is 28.8 Å². The molecule has 1 amide bonds. The van der Waals surface area contributed by atoms with E-state index in [2.05, 4.69) is 20.6 Å². The van der Waals surface area contributed by atoms with Gasteiger partial charge in [-0.2, -0.15) is 0 Å². The number of amides is 1. The highest BCUT2D eigenvalue weighted by Crippen LogP contribution is 2.39. The Kier molecular flexibility index (Phi) is 9.43. The van der Waals surface area contributed by atoms with Crippen LogP contribution in [0.4, 0.5) is 21.6 Å². The average molecular weight is 616 g/mol. The van der Waals surface area contributed by atoms with Gasteiger partial charge in [-0.25, -0.2) is 19.2 Å². The summed E-state index contributed by atoms with van der Waals surface area (Å²) in [7, 11) is 6.23. The molecule has 0 bridgehead atoms. The van der Waals surface area contributed by atoms with E-state index in [1.807, 2.05) is 24.9 Å². The molecular weight excluding hydrogens is 581 g/mol.